The smallest absolute Gasteiger partial charge is 0.181 e. The standard InChI is InChI=1S/C13H20O/c1-5-6-12(14)11-7-10(2)8-13(3,4)9-11/h5-7,10H,8-9H2,1-4H3/b6-5-. The lowest BCUT2D eigenvalue weighted by molar-refractivity contribution is -0.111. The molecule has 1 heteroatoms. The van der Waals surface area contributed by atoms with E-state index in [-0.39, 0.29) is 11.2 Å². The van der Waals surface area contributed by atoms with E-state index in [1.54, 1.807) is 6.08 Å². The lowest BCUT2D eigenvalue weighted by Crippen LogP contribution is -2.23. The molecule has 0 saturated carbocycles. The van der Waals surface area contributed by atoms with Crippen molar-refractivity contribution >= 4 is 5.78 Å². The summed E-state index contributed by atoms with van der Waals surface area (Å²) in [5, 5.41) is 0. The van der Waals surface area contributed by atoms with Crippen molar-refractivity contribution in [3.63, 3.8) is 0 Å². The monoisotopic (exact) mass is 192 g/mol. The molecule has 0 aromatic rings. The van der Waals surface area contributed by atoms with Gasteiger partial charge in [0, 0.05) is 0 Å². The number of rotatable bonds is 2. The van der Waals surface area contributed by atoms with E-state index in [4.69, 9.17) is 0 Å². The van der Waals surface area contributed by atoms with Crippen LogP contribution in [0.25, 0.3) is 0 Å². The SMILES string of the molecule is C/C=C\C(=O)C1=CC(C)CC(C)(C)C1. The quantitative estimate of drug-likeness (QED) is 0.612. The van der Waals surface area contributed by atoms with Gasteiger partial charge in [-0.2, -0.15) is 0 Å². The second-order valence-corrected chi connectivity index (χ2v) is 5.08. The molecule has 0 heterocycles. The minimum atomic E-state index is 0.187. The van der Waals surface area contributed by atoms with Crippen LogP contribution in [0.3, 0.4) is 0 Å². The van der Waals surface area contributed by atoms with Crippen molar-refractivity contribution in [3.05, 3.63) is 23.8 Å². The van der Waals surface area contributed by atoms with Gasteiger partial charge in [-0.25, -0.2) is 0 Å². The molecule has 1 rings (SSSR count). The third-order valence-corrected chi connectivity index (χ3v) is 2.66. The fraction of sp³-hybridized carbons (Fsp3) is 0.615. The van der Waals surface area contributed by atoms with E-state index < -0.39 is 0 Å². The van der Waals surface area contributed by atoms with Crippen molar-refractivity contribution in [2.24, 2.45) is 11.3 Å². The molecule has 0 aromatic carbocycles. The summed E-state index contributed by atoms with van der Waals surface area (Å²) in [7, 11) is 0. The Morgan fingerprint density at radius 3 is 2.71 bits per heavy atom. The molecular weight excluding hydrogens is 172 g/mol. The van der Waals surface area contributed by atoms with Gasteiger partial charge in [0.05, 0.1) is 0 Å². The molecule has 0 fully saturated rings. The minimum absolute atomic E-state index is 0.187. The molecule has 0 bridgehead atoms. The predicted octanol–water partition coefficient (Wildman–Crippen LogP) is 3.51. The van der Waals surface area contributed by atoms with E-state index in [1.165, 1.54) is 6.42 Å². The van der Waals surface area contributed by atoms with Crippen molar-refractivity contribution in [2.45, 2.75) is 40.5 Å². The van der Waals surface area contributed by atoms with Gasteiger partial charge >= 0.3 is 0 Å². The first kappa shape index (κ1) is 11.2. The van der Waals surface area contributed by atoms with E-state index in [1.807, 2.05) is 13.0 Å². The molecule has 0 saturated heterocycles. The van der Waals surface area contributed by atoms with Gasteiger partial charge in [-0.05, 0) is 42.7 Å². The van der Waals surface area contributed by atoms with Gasteiger partial charge in [-0.1, -0.05) is 32.9 Å². The van der Waals surface area contributed by atoms with Gasteiger partial charge in [0.25, 0.3) is 0 Å². The Labute approximate surface area is 86.9 Å². The van der Waals surface area contributed by atoms with Crippen molar-refractivity contribution in [1.29, 1.82) is 0 Å². The number of hydrogen-bond acceptors (Lipinski definition) is 1. The van der Waals surface area contributed by atoms with E-state index in [2.05, 4.69) is 26.8 Å². The molecule has 0 aromatic heterocycles. The predicted molar refractivity (Wildman–Crippen MR) is 60.1 cm³/mol. The average Bonchev–Trinajstić information content (AvgIpc) is 2.00. The van der Waals surface area contributed by atoms with Crippen molar-refractivity contribution in [2.75, 3.05) is 0 Å². The summed E-state index contributed by atoms with van der Waals surface area (Å²) in [6.45, 7) is 8.54. The van der Waals surface area contributed by atoms with Crippen LogP contribution >= 0.6 is 0 Å². The zero-order valence-corrected chi connectivity index (χ0v) is 9.63. The Bertz CT molecular complexity index is 282. The molecule has 1 aliphatic carbocycles. The molecule has 1 unspecified atom stereocenters. The van der Waals surface area contributed by atoms with Gasteiger partial charge in [0.15, 0.2) is 5.78 Å². The third kappa shape index (κ3) is 2.83. The van der Waals surface area contributed by atoms with Crippen LogP contribution in [-0.4, -0.2) is 5.78 Å². The highest BCUT2D eigenvalue weighted by Crippen LogP contribution is 2.38. The first-order chi connectivity index (χ1) is 6.44. The Morgan fingerprint density at radius 2 is 2.21 bits per heavy atom. The fourth-order valence-corrected chi connectivity index (χ4v) is 2.35. The van der Waals surface area contributed by atoms with Crippen LogP contribution in [0.4, 0.5) is 0 Å². The van der Waals surface area contributed by atoms with E-state index >= 15 is 0 Å². The summed E-state index contributed by atoms with van der Waals surface area (Å²) < 4.78 is 0. The van der Waals surface area contributed by atoms with Crippen molar-refractivity contribution in [1.82, 2.24) is 0 Å². The lowest BCUT2D eigenvalue weighted by Gasteiger charge is -2.32. The summed E-state index contributed by atoms with van der Waals surface area (Å²) in [4.78, 5) is 11.7. The largest absolute Gasteiger partial charge is 0.290 e. The molecule has 1 nitrogen and oxygen atoms in total. The van der Waals surface area contributed by atoms with Gasteiger partial charge in [0.2, 0.25) is 0 Å². The first-order valence-electron chi connectivity index (χ1n) is 5.32. The molecule has 1 aliphatic rings. The highest BCUT2D eigenvalue weighted by molar-refractivity contribution is 6.04. The van der Waals surface area contributed by atoms with Crippen molar-refractivity contribution < 1.29 is 4.79 Å². The topological polar surface area (TPSA) is 17.1 Å². The Morgan fingerprint density at radius 1 is 1.57 bits per heavy atom. The van der Waals surface area contributed by atoms with Gasteiger partial charge in [0.1, 0.15) is 0 Å². The maximum absolute atomic E-state index is 11.7. The molecule has 1 atom stereocenters. The molecule has 0 aliphatic heterocycles. The van der Waals surface area contributed by atoms with Crippen LogP contribution in [-0.2, 0) is 4.79 Å². The van der Waals surface area contributed by atoms with Crippen LogP contribution in [0.5, 0.6) is 0 Å². The molecule has 0 amide bonds. The number of carbonyl (C=O) groups is 1. The summed E-state index contributed by atoms with van der Waals surface area (Å²) in [6, 6.07) is 0. The number of ketones is 1. The maximum atomic E-state index is 11.7. The summed E-state index contributed by atoms with van der Waals surface area (Å²) >= 11 is 0. The number of hydrogen-bond donors (Lipinski definition) is 0. The zero-order chi connectivity index (χ0) is 10.8. The Balaban J connectivity index is 2.84. The molecule has 0 radical (unpaired) electrons. The minimum Gasteiger partial charge on any atom is -0.290 e. The van der Waals surface area contributed by atoms with Crippen LogP contribution in [0, 0.1) is 11.3 Å². The molecule has 14 heavy (non-hydrogen) atoms. The second kappa shape index (κ2) is 4.12. The normalized spacial score (nSPS) is 26.3. The summed E-state index contributed by atoms with van der Waals surface area (Å²) in [5.74, 6) is 0.718. The summed E-state index contributed by atoms with van der Waals surface area (Å²) in [5.41, 5.74) is 1.27. The maximum Gasteiger partial charge on any atom is 0.181 e. The Kier molecular flexibility index (Phi) is 3.30. The van der Waals surface area contributed by atoms with Crippen LogP contribution in [0.15, 0.2) is 23.8 Å². The highest BCUT2D eigenvalue weighted by atomic mass is 16.1. The molecule has 78 valence electrons. The Hall–Kier alpha value is -0.850. The van der Waals surface area contributed by atoms with Crippen molar-refractivity contribution in [3.8, 4) is 0 Å². The van der Waals surface area contributed by atoms with Crippen LogP contribution in [0.2, 0.25) is 0 Å². The lowest BCUT2D eigenvalue weighted by atomic mass is 9.72. The van der Waals surface area contributed by atoms with E-state index in [9.17, 15) is 4.79 Å². The van der Waals surface area contributed by atoms with Crippen LogP contribution < -0.4 is 0 Å². The zero-order valence-electron chi connectivity index (χ0n) is 9.63. The molecular formula is C13H20O. The fourth-order valence-electron chi connectivity index (χ4n) is 2.35. The highest BCUT2D eigenvalue weighted by Gasteiger charge is 2.28. The van der Waals surface area contributed by atoms with Gasteiger partial charge in [-0.15, -0.1) is 0 Å². The average molecular weight is 192 g/mol. The first-order valence-corrected chi connectivity index (χ1v) is 5.32. The van der Waals surface area contributed by atoms with Gasteiger partial charge in [-0.3, -0.25) is 4.79 Å². The van der Waals surface area contributed by atoms with E-state index in [0.717, 1.165) is 12.0 Å². The summed E-state index contributed by atoms with van der Waals surface area (Å²) in [6.07, 6.45) is 7.71. The molecule has 0 spiro atoms. The van der Waals surface area contributed by atoms with Crippen LogP contribution in [0.1, 0.15) is 40.5 Å². The third-order valence-electron chi connectivity index (χ3n) is 2.66. The second-order valence-electron chi connectivity index (χ2n) is 5.08. The van der Waals surface area contributed by atoms with E-state index in [0.29, 0.717) is 5.92 Å². The molecule has 0 N–H and O–H groups in total. The van der Waals surface area contributed by atoms with Gasteiger partial charge < -0.3 is 0 Å². The number of allylic oxidation sites excluding steroid dienone is 4. The number of carbonyl (C=O) groups excluding carboxylic acids is 1.